The fourth-order valence-corrected chi connectivity index (χ4v) is 7.94. The van der Waals surface area contributed by atoms with Crippen molar-refractivity contribution in [1.82, 2.24) is 25.1 Å². The van der Waals surface area contributed by atoms with Crippen LogP contribution in [0.25, 0.3) is 5.70 Å². The number of nitrogens with one attached hydrogen (secondary N) is 1. The predicted molar refractivity (Wildman–Crippen MR) is 132 cm³/mol. The number of carbonyl (C=O) groups is 1. The second-order valence-corrected chi connectivity index (χ2v) is 11.4. The Morgan fingerprint density at radius 1 is 1.14 bits per heavy atom. The second-order valence-electron chi connectivity index (χ2n) is 11.4. The van der Waals surface area contributed by atoms with Crippen molar-refractivity contribution in [3.8, 4) is 6.07 Å². The SMILES string of the molecule is C[C@]12CC[C@H](NC(=O)c3ccnnc3)CC1=CCC1C2CC[C@]2(C)C(n3cnc(C#N)c3)=CCC12. The molecular formula is C28H32N6O. The van der Waals surface area contributed by atoms with E-state index in [2.05, 4.69) is 57.1 Å². The van der Waals surface area contributed by atoms with Crippen LogP contribution in [0.2, 0.25) is 0 Å². The molecule has 2 aromatic heterocycles. The zero-order valence-electron chi connectivity index (χ0n) is 20.4. The summed E-state index contributed by atoms with van der Waals surface area (Å²) in [5, 5.41) is 20.1. The Morgan fingerprint density at radius 3 is 2.77 bits per heavy atom. The average Bonchev–Trinajstić information content (AvgIpc) is 3.48. The number of carbonyl (C=O) groups excluding carboxylic acids is 1. The topological polar surface area (TPSA) is 96.5 Å². The van der Waals surface area contributed by atoms with Crippen LogP contribution in [-0.4, -0.2) is 31.7 Å². The molecular weight excluding hydrogens is 436 g/mol. The summed E-state index contributed by atoms with van der Waals surface area (Å²) in [5.74, 6) is 1.92. The maximum Gasteiger partial charge on any atom is 0.253 e. The van der Waals surface area contributed by atoms with Gasteiger partial charge >= 0.3 is 0 Å². The lowest BCUT2D eigenvalue weighted by molar-refractivity contribution is -0.0137. The van der Waals surface area contributed by atoms with Gasteiger partial charge in [-0.25, -0.2) is 4.98 Å². The van der Waals surface area contributed by atoms with Gasteiger partial charge in [0.1, 0.15) is 12.4 Å². The summed E-state index contributed by atoms with van der Waals surface area (Å²) in [7, 11) is 0. The first-order valence-corrected chi connectivity index (χ1v) is 12.8. The summed E-state index contributed by atoms with van der Waals surface area (Å²) < 4.78 is 2.09. The number of amides is 1. The van der Waals surface area contributed by atoms with Crippen LogP contribution in [0.15, 0.2) is 48.7 Å². The first kappa shape index (κ1) is 22.2. The fourth-order valence-electron chi connectivity index (χ4n) is 7.94. The number of nitrogens with zero attached hydrogens (tertiary/aromatic N) is 5. The van der Waals surface area contributed by atoms with Crippen LogP contribution in [0.5, 0.6) is 0 Å². The molecule has 2 heterocycles. The van der Waals surface area contributed by atoms with E-state index in [0.717, 1.165) is 32.1 Å². The number of fused-ring (bicyclic) bond motifs is 5. The third kappa shape index (κ3) is 3.45. The molecule has 7 nitrogen and oxygen atoms in total. The van der Waals surface area contributed by atoms with E-state index in [1.807, 2.05) is 12.5 Å². The van der Waals surface area contributed by atoms with Crippen LogP contribution in [0, 0.1) is 39.9 Å². The lowest BCUT2D eigenvalue weighted by Gasteiger charge is -2.58. The molecule has 0 saturated heterocycles. The summed E-state index contributed by atoms with van der Waals surface area (Å²) in [6, 6.07) is 4.05. The zero-order chi connectivity index (χ0) is 24.2. The van der Waals surface area contributed by atoms with Crippen molar-refractivity contribution >= 4 is 11.6 Å². The van der Waals surface area contributed by atoms with Gasteiger partial charge < -0.3 is 9.88 Å². The number of imidazole rings is 1. The van der Waals surface area contributed by atoms with E-state index in [1.54, 1.807) is 17.8 Å². The van der Waals surface area contributed by atoms with Gasteiger partial charge in [0, 0.05) is 23.4 Å². The van der Waals surface area contributed by atoms with Crippen molar-refractivity contribution < 1.29 is 4.79 Å². The highest BCUT2D eigenvalue weighted by molar-refractivity contribution is 5.93. The van der Waals surface area contributed by atoms with Gasteiger partial charge in [-0.3, -0.25) is 4.79 Å². The minimum Gasteiger partial charge on any atom is -0.349 e. The minimum atomic E-state index is -0.0557. The standard InChI is InChI=1S/C28H32N6O/c1-27-10-7-20(33-26(35)18-9-12-31-32-15-18)13-19(27)3-4-22-23-5-6-25(28(23,2)11-8-24(22)27)34-16-21(14-29)30-17-34/h3,6,9,12,15-17,20,22-24H,4-5,7-8,10-11,13H2,1-2H3,(H,33,35)/t20-,22?,23?,24?,27-,28-/m0/s1. The number of rotatable bonds is 3. The first-order valence-electron chi connectivity index (χ1n) is 12.8. The maximum atomic E-state index is 12.7. The van der Waals surface area contributed by atoms with E-state index in [-0.39, 0.29) is 22.8 Å². The van der Waals surface area contributed by atoms with Gasteiger partial charge in [0.15, 0.2) is 5.69 Å². The molecule has 0 aliphatic heterocycles. The molecule has 180 valence electrons. The summed E-state index contributed by atoms with van der Waals surface area (Å²) in [4.78, 5) is 16.9. The summed E-state index contributed by atoms with van der Waals surface area (Å²) in [5.41, 5.74) is 4.27. The van der Waals surface area contributed by atoms with Crippen LogP contribution in [0.4, 0.5) is 0 Å². The van der Waals surface area contributed by atoms with Gasteiger partial charge in [-0.05, 0) is 74.2 Å². The summed E-state index contributed by atoms with van der Waals surface area (Å²) >= 11 is 0. The average molecular weight is 469 g/mol. The van der Waals surface area contributed by atoms with Crippen LogP contribution >= 0.6 is 0 Å². The number of allylic oxidation sites excluding steroid dienone is 3. The van der Waals surface area contributed by atoms with Gasteiger partial charge in [0.05, 0.1) is 18.0 Å². The second kappa shape index (κ2) is 8.15. The van der Waals surface area contributed by atoms with E-state index < -0.39 is 0 Å². The van der Waals surface area contributed by atoms with E-state index in [1.165, 1.54) is 24.7 Å². The highest BCUT2D eigenvalue weighted by Gasteiger charge is 2.57. The van der Waals surface area contributed by atoms with Crippen molar-refractivity contribution in [3.05, 3.63) is 60.0 Å². The smallest absolute Gasteiger partial charge is 0.253 e. The Balaban J connectivity index is 1.20. The van der Waals surface area contributed by atoms with Crippen molar-refractivity contribution in [2.45, 2.75) is 64.8 Å². The Hall–Kier alpha value is -3.27. The molecule has 3 unspecified atom stereocenters. The van der Waals surface area contributed by atoms with E-state index in [9.17, 15) is 10.1 Å². The third-order valence-corrected chi connectivity index (χ3v) is 9.80. The molecule has 0 spiro atoms. The molecule has 35 heavy (non-hydrogen) atoms. The van der Waals surface area contributed by atoms with Crippen LogP contribution in [0.3, 0.4) is 0 Å². The molecule has 1 N–H and O–H groups in total. The molecule has 2 aromatic rings. The lowest BCUT2D eigenvalue weighted by atomic mass is 9.47. The molecule has 2 fully saturated rings. The Kier molecular flexibility index (Phi) is 5.17. The number of hydrogen-bond acceptors (Lipinski definition) is 5. The van der Waals surface area contributed by atoms with Crippen LogP contribution < -0.4 is 5.32 Å². The van der Waals surface area contributed by atoms with Crippen molar-refractivity contribution in [3.63, 3.8) is 0 Å². The predicted octanol–water partition coefficient (Wildman–Crippen LogP) is 4.76. The van der Waals surface area contributed by atoms with Gasteiger partial charge in [-0.15, -0.1) is 0 Å². The largest absolute Gasteiger partial charge is 0.349 e. The summed E-state index contributed by atoms with van der Waals surface area (Å²) in [6.45, 7) is 4.92. The molecule has 0 aromatic carbocycles. The van der Waals surface area contributed by atoms with Crippen molar-refractivity contribution in [1.29, 1.82) is 5.26 Å². The molecule has 0 bridgehead atoms. The Morgan fingerprint density at radius 2 is 2.00 bits per heavy atom. The normalized spacial score (nSPS) is 35.6. The van der Waals surface area contributed by atoms with Crippen molar-refractivity contribution in [2.24, 2.45) is 28.6 Å². The highest BCUT2D eigenvalue weighted by atomic mass is 16.1. The Bertz CT molecular complexity index is 1260. The number of aromatic nitrogens is 4. The molecule has 4 aliphatic carbocycles. The van der Waals surface area contributed by atoms with Gasteiger partial charge in [0.25, 0.3) is 5.91 Å². The monoisotopic (exact) mass is 468 g/mol. The number of nitriles is 1. The molecule has 2 saturated carbocycles. The molecule has 4 aliphatic rings. The quantitative estimate of drug-likeness (QED) is 0.656. The highest BCUT2D eigenvalue weighted by Crippen LogP contribution is 2.65. The van der Waals surface area contributed by atoms with Crippen LogP contribution in [-0.2, 0) is 0 Å². The summed E-state index contributed by atoms with van der Waals surface area (Å²) in [6.07, 6.45) is 19.4. The Labute approximate surface area is 206 Å². The van der Waals surface area contributed by atoms with Gasteiger partial charge in [0.2, 0.25) is 0 Å². The van der Waals surface area contributed by atoms with Gasteiger partial charge in [-0.2, -0.15) is 15.5 Å². The first-order chi connectivity index (χ1) is 16.9. The van der Waals surface area contributed by atoms with Crippen LogP contribution in [0.1, 0.15) is 74.8 Å². The minimum absolute atomic E-state index is 0.0557. The molecule has 6 rings (SSSR count). The fraction of sp³-hybridized carbons (Fsp3) is 0.536. The van der Waals surface area contributed by atoms with Crippen molar-refractivity contribution in [2.75, 3.05) is 0 Å². The number of hydrogen-bond donors (Lipinski definition) is 1. The third-order valence-electron chi connectivity index (χ3n) is 9.80. The molecule has 0 radical (unpaired) electrons. The molecule has 1 amide bonds. The molecule has 7 heteroatoms. The van der Waals surface area contributed by atoms with E-state index in [0.29, 0.717) is 29.0 Å². The maximum absolute atomic E-state index is 12.7. The van der Waals surface area contributed by atoms with E-state index >= 15 is 0 Å². The van der Waals surface area contributed by atoms with E-state index in [4.69, 9.17) is 0 Å². The van der Waals surface area contributed by atoms with Gasteiger partial charge in [-0.1, -0.05) is 31.6 Å². The molecule has 6 atom stereocenters. The zero-order valence-corrected chi connectivity index (χ0v) is 20.4. The lowest BCUT2D eigenvalue weighted by Crippen LogP contribution is -2.51.